The number of nitrogens with one attached hydrogen (secondary N) is 1. The lowest BCUT2D eigenvalue weighted by Gasteiger charge is -2.28. The zero-order chi connectivity index (χ0) is 17.5. The molecular weight excluding hydrogens is 366 g/mol. The van der Waals surface area contributed by atoms with Crippen LogP contribution in [0.4, 0.5) is 0 Å². The van der Waals surface area contributed by atoms with Crippen LogP contribution in [0.2, 0.25) is 0 Å². The van der Waals surface area contributed by atoms with Crippen LogP contribution >= 0.6 is 15.9 Å². The lowest BCUT2D eigenvalue weighted by Crippen LogP contribution is -2.19. The number of ether oxygens (including phenoxy) is 1. The third kappa shape index (κ3) is 5.75. The molecule has 0 spiro atoms. The number of benzene rings is 1. The third-order valence-electron chi connectivity index (χ3n) is 4.71. The Kier molecular flexibility index (Phi) is 7.50. The molecular formula is C20H28BrNO2. The average Bonchev–Trinajstić information content (AvgIpc) is 2.54. The highest BCUT2D eigenvalue weighted by Crippen LogP contribution is 2.34. The highest BCUT2D eigenvalue weighted by Gasteiger charge is 2.20. The van der Waals surface area contributed by atoms with E-state index in [1.54, 1.807) is 0 Å². The van der Waals surface area contributed by atoms with Crippen molar-refractivity contribution < 1.29 is 9.53 Å². The highest BCUT2D eigenvalue weighted by atomic mass is 79.9. The zero-order valence-electron chi connectivity index (χ0n) is 14.7. The Hall–Kier alpha value is -1.13. The van der Waals surface area contributed by atoms with Crippen molar-refractivity contribution in [2.24, 2.45) is 11.8 Å². The normalized spacial score (nSPS) is 20.9. The number of hydrogen-bond acceptors (Lipinski definition) is 3. The predicted octanol–water partition coefficient (Wildman–Crippen LogP) is 5.10. The standard InChI is InChI=1S/C20H28BrNO2/c1-14-9-15(2)11-16(10-14)5-4-8-22-13-18-7-6-17(12-19(18)21)20(23)24-3/h6-7,12,15-16,22H,1,4-5,8-11,13H2,2-3H3. The summed E-state index contributed by atoms with van der Waals surface area (Å²) in [5, 5.41) is 3.50. The summed E-state index contributed by atoms with van der Waals surface area (Å²) >= 11 is 3.53. The van der Waals surface area contributed by atoms with Gasteiger partial charge in [-0.3, -0.25) is 0 Å². The summed E-state index contributed by atoms with van der Waals surface area (Å²) < 4.78 is 5.68. The van der Waals surface area contributed by atoms with Gasteiger partial charge in [0.2, 0.25) is 0 Å². The molecule has 0 amide bonds. The molecule has 3 nitrogen and oxygen atoms in total. The summed E-state index contributed by atoms with van der Waals surface area (Å²) in [4.78, 5) is 11.5. The van der Waals surface area contributed by atoms with Gasteiger partial charge >= 0.3 is 5.97 Å². The quantitative estimate of drug-likeness (QED) is 0.397. The molecule has 0 aromatic heterocycles. The molecule has 24 heavy (non-hydrogen) atoms. The zero-order valence-corrected chi connectivity index (χ0v) is 16.3. The Morgan fingerprint density at radius 1 is 1.42 bits per heavy atom. The lowest BCUT2D eigenvalue weighted by atomic mass is 9.78. The monoisotopic (exact) mass is 393 g/mol. The topological polar surface area (TPSA) is 38.3 Å². The lowest BCUT2D eigenvalue weighted by molar-refractivity contribution is 0.0600. The van der Waals surface area contributed by atoms with Crippen molar-refractivity contribution >= 4 is 21.9 Å². The Bertz CT molecular complexity index is 585. The first-order chi connectivity index (χ1) is 11.5. The number of allylic oxidation sites excluding steroid dienone is 1. The Morgan fingerprint density at radius 2 is 2.21 bits per heavy atom. The maximum atomic E-state index is 11.5. The van der Waals surface area contributed by atoms with Gasteiger partial charge in [0, 0.05) is 11.0 Å². The van der Waals surface area contributed by atoms with Crippen molar-refractivity contribution in [1.82, 2.24) is 5.32 Å². The van der Waals surface area contributed by atoms with Crippen molar-refractivity contribution in [3.63, 3.8) is 0 Å². The van der Waals surface area contributed by atoms with E-state index < -0.39 is 0 Å². The van der Waals surface area contributed by atoms with E-state index in [-0.39, 0.29) is 5.97 Å². The van der Waals surface area contributed by atoms with E-state index in [1.807, 2.05) is 18.2 Å². The second kappa shape index (κ2) is 9.38. The molecule has 2 rings (SSSR count). The van der Waals surface area contributed by atoms with Crippen LogP contribution in [0, 0.1) is 11.8 Å². The minimum Gasteiger partial charge on any atom is -0.465 e. The van der Waals surface area contributed by atoms with Crippen molar-refractivity contribution in [3.05, 3.63) is 46.0 Å². The first-order valence-electron chi connectivity index (χ1n) is 8.73. The molecule has 2 atom stereocenters. The van der Waals surface area contributed by atoms with Crippen LogP contribution in [0.3, 0.4) is 0 Å². The van der Waals surface area contributed by atoms with Crippen LogP contribution in [-0.4, -0.2) is 19.6 Å². The van der Waals surface area contributed by atoms with Crippen molar-refractivity contribution in [2.75, 3.05) is 13.7 Å². The first-order valence-corrected chi connectivity index (χ1v) is 9.53. The van der Waals surface area contributed by atoms with Gasteiger partial charge in [-0.25, -0.2) is 4.79 Å². The van der Waals surface area contributed by atoms with Gasteiger partial charge in [0.1, 0.15) is 0 Å². The van der Waals surface area contributed by atoms with Gasteiger partial charge in [0.25, 0.3) is 0 Å². The molecule has 0 bridgehead atoms. The van der Waals surface area contributed by atoms with E-state index >= 15 is 0 Å². The number of methoxy groups -OCH3 is 1. The van der Waals surface area contributed by atoms with E-state index in [1.165, 1.54) is 44.8 Å². The first kappa shape index (κ1) is 19.2. The summed E-state index contributed by atoms with van der Waals surface area (Å²) in [6, 6.07) is 5.59. The molecule has 2 unspecified atom stereocenters. The van der Waals surface area contributed by atoms with Crippen molar-refractivity contribution in [1.29, 1.82) is 0 Å². The van der Waals surface area contributed by atoms with Crippen LogP contribution < -0.4 is 5.32 Å². The molecule has 1 saturated carbocycles. The van der Waals surface area contributed by atoms with E-state index in [4.69, 9.17) is 4.74 Å². The fourth-order valence-corrected chi connectivity index (χ4v) is 4.13. The van der Waals surface area contributed by atoms with Crippen LogP contribution in [0.5, 0.6) is 0 Å². The van der Waals surface area contributed by atoms with Crippen molar-refractivity contribution in [3.8, 4) is 0 Å². The van der Waals surface area contributed by atoms with E-state index in [2.05, 4.69) is 34.7 Å². The molecule has 1 aliphatic carbocycles. The summed E-state index contributed by atoms with van der Waals surface area (Å²) in [7, 11) is 1.40. The van der Waals surface area contributed by atoms with Crippen molar-refractivity contribution in [2.45, 2.75) is 45.6 Å². The van der Waals surface area contributed by atoms with Gasteiger partial charge in [-0.15, -0.1) is 0 Å². The number of rotatable bonds is 7. The van der Waals surface area contributed by atoms with Gasteiger partial charge < -0.3 is 10.1 Å². The Morgan fingerprint density at radius 3 is 2.88 bits per heavy atom. The summed E-state index contributed by atoms with van der Waals surface area (Å²) in [5.74, 6) is 1.31. The summed E-state index contributed by atoms with van der Waals surface area (Å²) in [5.41, 5.74) is 3.16. The summed E-state index contributed by atoms with van der Waals surface area (Å²) in [6.07, 6.45) is 6.25. The largest absolute Gasteiger partial charge is 0.465 e. The Balaban J connectivity index is 1.71. The molecule has 0 saturated heterocycles. The number of esters is 1. The SMILES string of the molecule is C=C1CC(C)CC(CCCNCc2ccc(C(=O)OC)cc2Br)C1. The van der Waals surface area contributed by atoms with Gasteiger partial charge in [-0.2, -0.15) is 0 Å². The number of halogens is 1. The molecule has 4 heteroatoms. The fraction of sp³-hybridized carbons (Fsp3) is 0.550. The molecule has 1 N–H and O–H groups in total. The number of hydrogen-bond donors (Lipinski definition) is 1. The minimum absolute atomic E-state index is 0.307. The maximum Gasteiger partial charge on any atom is 0.337 e. The smallest absolute Gasteiger partial charge is 0.337 e. The summed E-state index contributed by atoms with van der Waals surface area (Å²) in [6.45, 7) is 8.34. The van der Waals surface area contributed by atoms with E-state index in [0.29, 0.717) is 5.56 Å². The molecule has 1 aliphatic rings. The van der Waals surface area contributed by atoms with E-state index in [0.717, 1.165) is 35.0 Å². The predicted molar refractivity (Wildman–Crippen MR) is 102 cm³/mol. The maximum absolute atomic E-state index is 11.5. The van der Waals surface area contributed by atoms with Crippen LogP contribution in [0.15, 0.2) is 34.8 Å². The average molecular weight is 394 g/mol. The molecule has 0 radical (unpaired) electrons. The second-order valence-electron chi connectivity index (χ2n) is 6.98. The molecule has 0 heterocycles. The number of carbonyl (C=O) groups excluding carboxylic acids is 1. The van der Waals surface area contributed by atoms with Crippen LogP contribution in [0.25, 0.3) is 0 Å². The third-order valence-corrected chi connectivity index (χ3v) is 5.44. The van der Waals surface area contributed by atoms with Gasteiger partial charge in [-0.1, -0.05) is 41.1 Å². The van der Waals surface area contributed by atoms with Crippen LogP contribution in [-0.2, 0) is 11.3 Å². The second-order valence-corrected chi connectivity index (χ2v) is 7.84. The van der Waals surface area contributed by atoms with Gasteiger partial charge in [0.05, 0.1) is 12.7 Å². The van der Waals surface area contributed by atoms with Gasteiger partial charge in [0.15, 0.2) is 0 Å². The van der Waals surface area contributed by atoms with Gasteiger partial charge in [-0.05, 0) is 68.2 Å². The fourth-order valence-electron chi connectivity index (χ4n) is 3.61. The molecule has 132 valence electrons. The molecule has 1 fully saturated rings. The minimum atomic E-state index is -0.307. The Labute approximate surface area is 154 Å². The molecule has 1 aromatic carbocycles. The highest BCUT2D eigenvalue weighted by molar-refractivity contribution is 9.10. The number of carbonyl (C=O) groups is 1. The van der Waals surface area contributed by atoms with E-state index in [9.17, 15) is 4.79 Å². The van der Waals surface area contributed by atoms with Crippen LogP contribution in [0.1, 0.15) is 54.9 Å². The molecule has 0 aliphatic heterocycles. The molecule has 1 aromatic rings.